The van der Waals surface area contributed by atoms with Gasteiger partial charge >= 0.3 is 0 Å². The Morgan fingerprint density at radius 2 is 0.938 bits per heavy atom. The predicted molar refractivity (Wildman–Crippen MR) is 128 cm³/mol. The molecule has 154 valence electrons. The lowest BCUT2D eigenvalue weighted by Gasteiger charge is -2.09. The van der Waals surface area contributed by atoms with E-state index in [0.29, 0.717) is 0 Å². The van der Waals surface area contributed by atoms with Crippen molar-refractivity contribution in [1.82, 2.24) is 24.5 Å². The van der Waals surface area contributed by atoms with E-state index in [1.165, 1.54) is 0 Å². The van der Waals surface area contributed by atoms with Crippen molar-refractivity contribution in [2.75, 3.05) is 0 Å². The first kappa shape index (κ1) is 18.5. The number of aromatic nitrogens is 5. The molecular formula is C27H21N5. The molecule has 32 heavy (non-hydrogen) atoms. The molecule has 3 aromatic carbocycles. The van der Waals surface area contributed by atoms with E-state index in [1.807, 2.05) is 51.8 Å². The Morgan fingerprint density at radius 3 is 1.38 bits per heavy atom. The standard InChI is InChI=1S/C27H21N5/c1-18-23-25(20-12-6-3-7-13-20)24-19(2)30-32(22-16-10-5-11-17-22)27(24)28-26(23)31(29-18)21-14-8-4-9-15-21/h3-17H,1-2H3. The van der Waals surface area contributed by atoms with Crippen LogP contribution in [0.5, 0.6) is 0 Å². The average Bonchev–Trinajstić information content (AvgIpc) is 3.36. The Morgan fingerprint density at radius 1 is 0.531 bits per heavy atom. The summed E-state index contributed by atoms with van der Waals surface area (Å²) in [6.45, 7) is 4.11. The molecule has 0 bridgehead atoms. The van der Waals surface area contributed by atoms with Crippen molar-refractivity contribution in [1.29, 1.82) is 0 Å². The van der Waals surface area contributed by atoms with Gasteiger partial charge in [0.2, 0.25) is 0 Å². The van der Waals surface area contributed by atoms with Crippen molar-refractivity contribution < 1.29 is 0 Å². The topological polar surface area (TPSA) is 48.5 Å². The lowest BCUT2D eigenvalue weighted by molar-refractivity contribution is 0.863. The third-order valence-electron chi connectivity index (χ3n) is 5.85. The van der Waals surface area contributed by atoms with Crippen LogP contribution in [0, 0.1) is 13.8 Å². The smallest absolute Gasteiger partial charge is 0.166 e. The Hall–Kier alpha value is -4.25. The SMILES string of the molecule is Cc1nn(-c2ccccc2)c2nc3c(c(C)nn3-c3ccccc3)c(-c3ccccc3)c12. The molecule has 0 saturated carbocycles. The molecule has 0 saturated heterocycles. The number of benzene rings is 3. The van der Waals surface area contributed by atoms with Gasteiger partial charge in [-0.05, 0) is 43.7 Å². The minimum absolute atomic E-state index is 0.831. The largest absolute Gasteiger partial charge is 0.214 e. The summed E-state index contributed by atoms with van der Waals surface area (Å²) in [4.78, 5) is 5.16. The fourth-order valence-corrected chi connectivity index (χ4v) is 4.44. The molecular weight excluding hydrogens is 394 g/mol. The van der Waals surface area contributed by atoms with Gasteiger partial charge in [-0.25, -0.2) is 14.3 Å². The summed E-state index contributed by atoms with van der Waals surface area (Å²) in [5, 5.41) is 11.9. The maximum absolute atomic E-state index is 5.16. The number of hydrogen-bond acceptors (Lipinski definition) is 3. The fourth-order valence-electron chi connectivity index (χ4n) is 4.44. The molecule has 6 rings (SSSR count). The van der Waals surface area contributed by atoms with Crippen molar-refractivity contribution in [2.24, 2.45) is 0 Å². The van der Waals surface area contributed by atoms with Gasteiger partial charge in [0.05, 0.1) is 33.5 Å². The van der Waals surface area contributed by atoms with Crippen LogP contribution >= 0.6 is 0 Å². The highest BCUT2D eigenvalue weighted by molar-refractivity contribution is 6.10. The minimum atomic E-state index is 0.831. The van der Waals surface area contributed by atoms with Gasteiger partial charge in [0, 0.05) is 5.56 Å². The molecule has 0 aliphatic heterocycles. The van der Waals surface area contributed by atoms with Crippen molar-refractivity contribution in [3.63, 3.8) is 0 Å². The normalized spacial score (nSPS) is 11.4. The van der Waals surface area contributed by atoms with Gasteiger partial charge in [-0.15, -0.1) is 0 Å². The van der Waals surface area contributed by atoms with E-state index in [0.717, 1.165) is 56.0 Å². The highest BCUT2D eigenvalue weighted by Gasteiger charge is 2.23. The summed E-state index contributed by atoms with van der Waals surface area (Å²) in [6.07, 6.45) is 0. The van der Waals surface area contributed by atoms with Gasteiger partial charge in [-0.1, -0.05) is 66.7 Å². The first-order valence-corrected chi connectivity index (χ1v) is 10.7. The Balaban J connectivity index is 1.80. The third kappa shape index (κ3) is 2.75. The molecule has 3 aromatic heterocycles. The second-order valence-corrected chi connectivity index (χ2v) is 7.92. The molecule has 0 radical (unpaired) electrons. The lowest BCUT2D eigenvalue weighted by Crippen LogP contribution is -2.01. The summed E-state index contributed by atoms with van der Waals surface area (Å²) in [5.74, 6) is 0. The Labute approximate surface area is 185 Å². The number of para-hydroxylation sites is 2. The van der Waals surface area contributed by atoms with Crippen LogP contribution in [0.1, 0.15) is 11.4 Å². The summed E-state index contributed by atoms with van der Waals surface area (Å²) in [5.41, 5.74) is 7.79. The van der Waals surface area contributed by atoms with Gasteiger partial charge in [-0.3, -0.25) is 0 Å². The van der Waals surface area contributed by atoms with Crippen molar-refractivity contribution in [3.8, 4) is 22.5 Å². The van der Waals surface area contributed by atoms with E-state index in [1.54, 1.807) is 0 Å². The van der Waals surface area contributed by atoms with Gasteiger partial charge in [0.15, 0.2) is 11.3 Å². The second kappa shape index (κ2) is 7.17. The zero-order valence-electron chi connectivity index (χ0n) is 17.9. The zero-order chi connectivity index (χ0) is 21.7. The molecule has 3 heterocycles. The molecule has 0 fully saturated rings. The molecule has 0 aliphatic carbocycles. The van der Waals surface area contributed by atoms with Gasteiger partial charge in [0.1, 0.15) is 0 Å². The molecule has 0 amide bonds. The van der Waals surface area contributed by atoms with Crippen LogP contribution in [-0.4, -0.2) is 24.5 Å². The van der Waals surface area contributed by atoms with Crippen LogP contribution in [0.15, 0.2) is 91.0 Å². The highest BCUT2D eigenvalue weighted by Crippen LogP contribution is 2.39. The van der Waals surface area contributed by atoms with Crippen LogP contribution < -0.4 is 0 Å². The summed E-state index contributed by atoms with van der Waals surface area (Å²) in [7, 11) is 0. The molecule has 0 aliphatic rings. The van der Waals surface area contributed by atoms with Gasteiger partial charge < -0.3 is 0 Å². The quantitative estimate of drug-likeness (QED) is 0.354. The maximum Gasteiger partial charge on any atom is 0.166 e. The lowest BCUT2D eigenvalue weighted by atomic mass is 9.98. The first-order valence-electron chi connectivity index (χ1n) is 10.7. The third-order valence-corrected chi connectivity index (χ3v) is 5.85. The monoisotopic (exact) mass is 415 g/mol. The predicted octanol–water partition coefficient (Wildman–Crippen LogP) is 6.04. The molecule has 5 nitrogen and oxygen atoms in total. The molecule has 5 heteroatoms. The maximum atomic E-state index is 5.16. The minimum Gasteiger partial charge on any atom is -0.214 e. The number of pyridine rings is 1. The van der Waals surface area contributed by atoms with Crippen molar-refractivity contribution >= 4 is 22.1 Å². The number of aryl methyl sites for hydroxylation is 2. The number of nitrogens with zero attached hydrogens (tertiary/aromatic N) is 5. The molecule has 6 aromatic rings. The fraction of sp³-hybridized carbons (Fsp3) is 0.0741. The number of hydrogen-bond donors (Lipinski definition) is 0. The van der Waals surface area contributed by atoms with E-state index in [4.69, 9.17) is 15.2 Å². The summed E-state index contributed by atoms with van der Waals surface area (Å²) < 4.78 is 3.88. The van der Waals surface area contributed by atoms with Crippen molar-refractivity contribution in [2.45, 2.75) is 13.8 Å². The van der Waals surface area contributed by atoms with Crippen LogP contribution in [-0.2, 0) is 0 Å². The van der Waals surface area contributed by atoms with Gasteiger partial charge in [0.25, 0.3) is 0 Å². The first-order chi connectivity index (χ1) is 15.7. The summed E-state index contributed by atoms with van der Waals surface area (Å²) in [6, 6.07) is 30.8. The van der Waals surface area contributed by atoms with E-state index in [9.17, 15) is 0 Å². The average molecular weight is 416 g/mol. The number of fused-ring (bicyclic) bond motifs is 2. The van der Waals surface area contributed by atoms with E-state index in [-0.39, 0.29) is 0 Å². The van der Waals surface area contributed by atoms with Crippen LogP contribution in [0.25, 0.3) is 44.6 Å². The van der Waals surface area contributed by atoms with Crippen molar-refractivity contribution in [3.05, 3.63) is 102 Å². The molecule has 0 N–H and O–H groups in total. The molecule has 0 spiro atoms. The second-order valence-electron chi connectivity index (χ2n) is 7.92. The summed E-state index contributed by atoms with van der Waals surface area (Å²) >= 11 is 0. The van der Waals surface area contributed by atoms with Crippen LogP contribution in [0.2, 0.25) is 0 Å². The van der Waals surface area contributed by atoms with Crippen LogP contribution in [0.4, 0.5) is 0 Å². The molecule has 0 atom stereocenters. The van der Waals surface area contributed by atoms with E-state index in [2.05, 4.69) is 62.4 Å². The van der Waals surface area contributed by atoms with E-state index >= 15 is 0 Å². The number of rotatable bonds is 3. The Kier molecular flexibility index (Phi) is 4.15. The highest BCUT2D eigenvalue weighted by atomic mass is 15.3. The Bertz CT molecular complexity index is 1460. The van der Waals surface area contributed by atoms with Gasteiger partial charge in [-0.2, -0.15) is 10.2 Å². The van der Waals surface area contributed by atoms with Crippen LogP contribution in [0.3, 0.4) is 0 Å². The zero-order valence-corrected chi connectivity index (χ0v) is 17.9. The van der Waals surface area contributed by atoms with E-state index < -0.39 is 0 Å². The molecule has 0 unspecified atom stereocenters.